The molecule has 0 aliphatic rings. The SMILES string of the molecule is C=CCOC(=O)Nc1nc2scc(-c3ccc(Cl)cc3Cl)n2n1. The molecule has 0 saturated heterocycles. The molecule has 0 radical (unpaired) electrons. The fourth-order valence-electron chi connectivity index (χ4n) is 1.88. The minimum atomic E-state index is -0.644. The first-order valence-corrected chi connectivity index (χ1v) is 8.06. The summed E-state index contributed by atoms with van der Waals surface area (Å²) >= 11 is 13.5. The summed E-state index contributed by atoms with van der Waals surface area (Å²) in [6.45, 7) is 3.58. The summed E-state index contributed by atoms with van der Waals surface area (Å²) in [7, 11) is 0. The number of aromatic nitrogens is 3. The average Bonchev–Trinajstić information content (AvgIpc) is 3.05. The molecule has 0 aliphatic carbocycles. The summed E-state index contributed by atoms with van der Waals surface area (Å²) in [5, 5.41) is 9.64. The Balaban J connectivity index is 1.91. The lowest BCUT2D eigenvalue weighted by molar-refractivity contribution is 0.174. The molecule has 1 aromatic carbocycles. The Hall–Kier alpha value is -2.09. The number of fused-ring (bicyclic) bond motifs is 1. The Morgan fingerprint density at radius 2 is 2.30 bits per heavy atom. The number of hydrogen-bond donors (Lipinski definition) is 1. The Bertz CT molecular complexity index is 890. The van der Waals surface area contributed by atoms with Gasteiger partial charge in [-0.15, -0.1) is 16.4 Å². The molecular formula is C14H10Cl2N4O2S. The van der Waals surface area contributed by atoms with Crippen LogP contribution in [-0.4, -0.2) is 27.3 Å². The predicted molar refractivity (Wildman–Crippen MR) is 91.5 cm³/mol. The average molecular weight is 369 g/mol. The molecule has 0 atom stereocenters. The maximum absolute atomic E-state index is 11.5. The van der Waals surface area contributed by atoms with Crippen LogP contribution in [0.15, 0.2) is 36.2 Å². The van der Waals surface area contributed by atoms with E-state index in [1.807, 2.05) is 5.38 Å². The van der Waals surface area contributed by atoms with Crippen LogP contribution in [0.25, 0.3) is 16.2 Å². The van der Waals surface area contributed by atoms with Gasteiger partial charge in [0.25, 0.3) is 5.95 Å². The van der Waals surface area contributed by atoms with Crippen molar-refractivity contribution < 1.29 is 9.53 Å². The highest BCUT2D eigenvalue weighted by Gasteiger charge is 2.15. The van der Waals surface area contributed by atoms with Crippen molar-refractivity contribution in [1.82, 2.24) is 14.6 Å². The largest absolute Gasteiger partial charge is 0.445 e. The van der Waals surface area contributed by atoms with Crippen LogP contribution < -0.4 is 5.32 Å². The predicted octanol–water partition coefficient (Wildman–Crippen LogP) is 4.50. The molecule has 2 heterocycles. The van der Waals surface area contributed by atoms with Gasteiger partial charge in [0.15, 0.2) is 0 Å². The zero-order chi connectivity index (χ0) is 16.4. The van der Waals surface area contributed by atoms with Crippen LogP contribution in [0, 0.1) is 0 Å². The molecule has 0 spiro atoms. The summed E-state index contributed by atoms with van der Waals surface area (Å²) in [5.74, 6) is 0.150. The molecule has 6 nitrogen and oxygen atoms in total. The quantitative estimate of drug-likeness (QED) is 0.688. The Morgan fingerprint density at radius 3 is 3.04 bits per heavy atom. The van der Waals surface area contributed by atoms with Gasteiger partial charge < -0.3 is 4.74 Å². The first kappa shape index (κ1) is 15.8. The van der Waals surface area contributed by atoms with Gasteiger partial charge in [-0.25, -0.2) is 9.31 Å². The van der Waals surface area contributed by atoms with Gasteiger partial charge in [-0.2, -0.15) is 4.98 Å². The van der Waals surface area contributed by atoms with E-state index < -0.39 is 6.09 Å². The molecule has 1 N–H and O–H groups in total. The molecule has 0 saturated carbocycles. The van der Waals surface area contributed by atoms with Crippen LogP contribution in [-0.2, 0) is 4.74 Å². The molecule has 0 fully saturated rings. The number of thiazole rings is 1. The van der Waals surface area contributed by atoms with Gasteiger partial charge in [-0.05, 0) is 18.2 Å². The fraction of sp³-hybridized carbons (Fsp3) is 0.0714. The molecule has 3 rings (SSSR count). The van der Waals surface area contributed by atoms with Crippen LogP contribution in [0.1, 0.15) is 0 Å². The molecule has 0 bridgehead atoms. The van der Waals surface area contributed by atoms with Gasteiger partial charge in [0, 0.05) is 16.0 Å². The van der Waals surface area contributed by atoms with Crippen molar-refractivity contribution >= 4 is 51.5 Å². The summed E-state index contributed by atoms with van der Waals surface area (Å²) in [6, 6.07) is 5.21. The molecule has 1 amide bonds. The number of benzene rings is 1. The van der Waals surface area contributed by atoms with Gasteiger partial charge >= 0.3 is 6.09 Å². The summed E-state index contributed by atoms with van der Waals surface area (Å²) < 4.78 is 6.43. The van der Waals surface area contributed by atoms with E-state index >= 15 is 0 Å². The number of hydrogen-bond acceptors (Lipinski definition) is 5. The van der Waals surface area contributed by atoms with Gasteiger partial charge in [0.1, 0.15) is 6.61 Å². The number of nitrogens with zero attached hydrogens (tertiary/aromatic N) is 3. The Kier molecular flexibility index (Phi) is 4.51. The summed E-state index contributed by atoms with van der Waals surface area (Å²) in [5.41, 5.74) is 1.53. The number of rotatable bonds is 4. The fourth-order valence-corrected chi connectivity index (χ4v) is 3.21. The third kappa shape index (κ3) is 3.31. The molecular weight excluding hydrogens is 359 g/mol. The Morgan fingerprint density at radius 1 is 1.48 bits per heavy atom. The van der Waals surface area contributed by atoms with Crippen molar-refractivity contribution in [3.05, 3.63) is 46.3 Å². The van der Waals surface area contributed by atoms with E-state index in [4.69, 9.17) is 27.9 Å². The third-order valence-corrected chi connectivity index (χ3v) is 4.20. The zero-order valence-electron chi connectivity index (χ0n) is 11.6. The topological polar surface area (TPSA) is 68.5 Å². The smallest absolute Gasteiger partial charge is 0.414 e. The lowest BCUT2D eigenvalue weighted by Gasteiger charge is -2.03. The van der Waals surface area contributed by atoms with Crippen LogP contribution in [0.5, 0.6) is 0 Å². The normalized spacial score (nSPS) is 10.7. The Labute approximate surface area is 145 Å². The molecule has 9 heteroatoms. The second kappa shape index (κ2) is 6.57. The van der Waals surface area contributed by atoms with Crippen molar-refractivity contribution in [3.63, 3.8) is 0 Å². The summed E-state index contributed by atoms with van der Waals surface area (Å²) in [4.78, 5) is 16.3. The van der Waals surface area contributed by atoms with Crippen molar-refractivity contribution in [3.8, 4) is 11.3 Å². The van der Waals surface area contributed by atoms with Crippen molar-refractivity contribution in [1.29, 1.82) is 0 Å². The summed E-state index contributed by atoms with van der Waals surface area (Å²) in [6.07, 6.45) is 0.827. The first-order chi connectivity index (χ1) is 11.1. The van der Waals surface area contributed by atoms with E-state index in [-0.39, 0.29) is 12.6 Å². The number of halogens is 2. The minimum Gasteiger partial charge on any atom is -0.445 e. The lowest BCUT2D eigenvalue weighted by Crippen LogP contribution is -2.14. The van der Waals surface area contributed by atoms with Crippen molar-refractivity contribution in [2.75, 3.05) is 11.9 Å². The maximum atomic E-state index is 11.5. The standard InChI is InChI=1S/C14H10Cl2N4O2S/c1-2-5-22-14(21)18-12-17-13-20(19-12)11(7-23-13)9-4-3-8(15)6-10(9)16/h2-4,6-7H,1,5H2,(H,18,19,21). The number of nitrogens with one attached hydrogen (secondary N) is 1. The second-order valence-electron chi connectivity index (χ2n) is 4.39. The lowest BCUT2D eigenvalue weighted by atomic mass is 10.2. The highest BCUT2D eigenvalue weighted by atomic mass is 35.5. The highest BCUT2D eigenvalue weighted by molar-refractivity contribution is 7.15. The second-order valence-corrected chi connectivity index (χ2v) is 6.07. The number of anilines is 1. The van der Waals surface area contributed by atoms with E-state index in [0.717, 1.165) is 11.3 Å². The van der Waals surface area contributed by atoms with E-state index in [9.17, 15) is 4.79 Å². The third-order valence-electron chi connectivity index (χ3n) is 2.83. The monoisotopic (exact) mass is 368 g/mol. The number of carbonyl (C=O) groups excluding carboxylic acids is 1. The minimum absolute atomic E-state index is 0.111. The van der Waals surface area contributed by atoms with E-state index in [1.165, 1.54) is 17.4 Å². The van der Waals surface area contributed by atoms with Crippen LogP contribution in [0.2, 0.25) is 10.0 Å². The molecule has 118 valence electrons. The van der Waals surface area contributed by atoms with Crippen molar-refractivity contribution in [2.24, 2.45) is 0 Å². The van der Waals surface area contributed by atoms with Gasteiger partial charge in [0.2, 0.25) is 4.96 Å². The molecule has 0 aliphatic heterocycles. The van der Waals surface area contributed by atoms with Crippen LogP contribution in [0.4, 0.5) is 10.7 Å². The molecule has 23 heavy (non-hydrogen) atoms. The molecule has 3 aromatic rings. The molecule has 2 aromatic heterocycles. The van der Waals surface area contributed by atoms with E-state index in [0.29, 0.717) is 15.0 Å². The zero-order valence-corrected chi connectivity index (χ0v) is 14.0. The molecule has 0 unspecified atom stereocenters. The van der Waals surface area contributed by atoms with Crippen LogP contribution in [0.3, 0.4) is 0 Å². The maximum Gasteiger partial charge on any atom is 0.414 e. The van der Waals surface area contributed by atoms with E-state index in [1.54, 1.807) is 22.7 Å². The van der Waals surface area contributed by atoms with E-state index in [2.05, 4.69) is 22.0 Å². The van der Waals surface area contributed by atoms with Gasteiger partial charge in [0.05, 0.1) is 10.7 Å². The van der Waals surface area contributed by atoms with Crippen LogP contribution >= 0.6 is 34.5 Å². The van der Waals surface area contributed by atoms with Crippen molar-refractivity contribution in [2.45, 2.75) is 0 Å². The highest BCUT2D eigenvalue weighted by Crippen LogP contribution is 2.32. The van der Waals surface area contributed by atoms with Gasteiger partial charge in [-0.1, -0.05) is 35.9 Å². The number of amides is 1. The first-order valence-electron chi connectivity index (χ1n) is 6.43. The number of ether oxygens (including phenoxy) is 1. The number of carbonyl (C=O) groups is 1. The van der Waals surface area contributed by atoms with Gasteiger partial charge in [-0.3, -0.25) is 5.32 Å².